The molecule has 3 aliphatic heterocycles. The number of amides is 1. The first kappa shape index (κ1) is 17.5. The zero-order chi connectivity index (χ0) is 17.8. The van der Waals surface area contributed by atoms with E-state index in [1.165, 1.54) is 0 Å². The maximum Gasteiger partial charge on any atom is 0.236 e. The van der Waals surface area contributed by atoms with Gasteiger partial charge in [0, 0.05) is 58.6 Å². The average Bonchev–Trinajstić information content (AvgIpc) is 3.24. The number of ether oxygens (including phenoxy) is 1. The molecule has 1 aromatic rings. The van der Waals surface area contributed by atoms with Crippen LogP contribution in [0.4, 0.5) is 11.8 Å². The number of piperazine rings is 1. The molecule has 0 atom stereocenters. The van der Waals surface area contributed by atoms with Crippen molar-refractivity contribution in [2.75, 3.05) is 81.9 Å². The van der Waals surface area contributed by atoms with E-state index in [4.69, 9.17) is 9.72 Å². The first-order valence-corrected chi connectivity index (χ1v) is 9.70. The van der Waals surface area contributed by atoms with Gasteiger partial charge in [0.25, 0.3) is 0 Å². The predicted octanol–water partition coefficient (Wildman–Crippen LogP) is 0.0576. The number of likely N-dealkylation sites (tertiary alicyclic amines) is 1. The molecule has 0 unspecified atom stereocenters. The second-order valence-corrected chi connectivity index (χ2v) is 7.17. The third-order valence-corrected chi connectivity index (χ3v) is 5.44. The van der Waals surface area contributed by atoms with Gasteiger partial charge in [-0.3, -0.25) is 9.69 Å². The topological polar surface area (TPSA) is 65.0 Å². The van der Waals surface area contributed by atoms with Gasteiger partial charge in [0.15, 0.2) is 0 Å². The van der Waals surface area contributed by atoms with E-state index in [0.717, 1.165) is 90.2 Å². The zero-order valence-corrected chi connectivity index (χ0v) is 15.3. The van der Waals surface area contributed by atoms with Crippen LogP contribution >= 0.6 is 0 Å². The van der Waals surface area contributed by atoms with Crippen molar-refractivity contribution in [1.82, 2.24) is 19.8 Å². The molecule has 3 aliphatic rings. The molecule has 1 aromatic heterocycles. The van der Waals surface area contributed by atoms with Crippen LogP contribution in [-0.4, -0.2) is 97.8 Å². The Hall–Kier alpha value is -1.93. The first-order valence-electron chi connectivity index (χ1n) is 9.70. The fraction of sp³-hybridized carbons (Fsp3) is 0.722. The van der Waals surface area contributed by atoms with E-state index in [0.29, 0.717) is 6.54 Å². The fourth-order valence-electron chi connectivity index (χ4n) is 3.82. The molecule has 3 saturated heterocycles. The van der Waals surface area contributed by atoms with E-state index < -0.39 is 0 Å². The molecule has 142 valence electrons. The molecule has 26 heavy (non-hydrogen) atoms. The zero-order valence-electron chi connectivity index (χ0n) is 15.3. The molecule has 8 heteroatoms. The summed E-state index contributed by atoms with van der Waals surface area (Å²) < 4.78 is 5.42. The SMILES string of the molecule is O=C(CN1CCN(c2nccc(N3CCOCC3)n2)CC1)N1CCCC1. The van der Waals surface area contributed by atoms with Crippen molar-refractivity contribution in [3.05, 3.63) is 12.3 Å². The van der Waals surface area contributed by atoms with Gasteiger partial charge < -0.3 is 19.4 Å². The summed E-state index contributed by atoms with van der Waals surface area (Å²) in [6.45, 7) is 9.15. The van der Waals surface area contributed by atoms with Crippen LogP contribution in [0.2, 0.25) is 0 Å². The molecule has 0 aliphatic carbocycles. The van der Waals surface area contributed by atoms with E-state index >= 15 is 0 Å². The summed E-state index contributed by atoms with van der Waals surface area (Å²) in [7, 11) is 0. The summed E-state index contributed by atoms with van der Waals surface area (Å²) in [5.74, 6) is 2.05. The van der Waals surface area contributed by atoms with Crippen LogP contribution in [0.3, 0.4) is 0 Å². The Morgan fingerprint density at radius 2 is 1.69 bits per heavy atom. The van der Waals surface area contributed by atoms with Crippen LogP contribution in [0.15, 0.2) is 12.3 Å². The Bertz CT molecular complexity index is 607. The lowest BCUT2D eigenvalue weighted by molar-refractivity contribution is -0.131. The summed E-state index contributed by atoms with van der Waals surface area (Å²) in [6, 6.07) is 1.97. The first-order chi connectivity index (χ1) is 12.8. The second kappa shape index (κ2) is 8.18. The molecular formula is C18H28N6O2. The quantitative estimate of drug-likeness (QED) is 0.752. The number of aromatic nitrogens is 2. The normalized spacial score (nSPS) is 22.1. The van der Waals surface area contributed by atoms with Gasteiger partial charge in [0.1, 0.15) is 5.82 Å². The summed E-state index contributed by atoms with van der Waals surface area (Å²) in [6.07, 6.45) is 4.14. The molecule has 4 heterocycles. The molecule has 4 rings (SSSR count). The van der Waals surface area contributed by atoms with Gasteiger partial charge in [-0.05, 0) is 18.9 Å². The lowest BCUT2D eigenvalue weighted by Crippen LogP contribution is -2.50. The van der Waals surface area contributed by atoms with Crippen molar-refractivity contribution in [3.8, 4) is 0 Å². The molecule has 0 aromatic carbocycles. The molecule has 0 N–H and O–H groups in total. The van der Waals surface area contributed by atoms with Crippen molar-refractivity contribution in [2.24, 2.45) is 0 Å². The van der Waals surface area contributed by atoms with Gasteiger partial charge in [0.05, 0.1) is 19.8 Å². The lowest BCUT2D eigenvalue weighted by atomic mass is 10.3. The summed E-state index contributed by atoms with van der Waals surface area (Å²) >= 11 is 0. The van der Waals surface area contributed by atoms with E-state index in [1.807, 2.05) is 17.2 Å². The largest absolute Gasteiger partial charge is 0.378 e. The van der Waals surface area contributed by atoms with Crippen LogP contribution in [0.25, 0.3) is 0 Å². The lowest BCUT2D eigenvalue weighted by Gasteiger charge is -2.35. The minimum absolute atomic E-state index is 0.279. The Morgan fingerprint density at radius 1 is 0.962 bits per heavy atom. The van der Waals surface area contributed by atoms with Gasteiger partial charge in [-0.15, -0.1) is 0 Å². The number of morpholine rings is 1. The molecule has 8 nitrogen and oxygen atoms in total. The summed E-state index contributed by atoms with van der Waals surface area (Å²) in [4.78, 5) is 30.3. The maximum atomic E-state index is 12.3. The number of hydrogen-bond donors (Lipinski definition) is 0. The van der Waals surface area contributed by atoms with Crippen LogP contribution in [0.5, 0.6) is 0 Å². The standard InChI is InChI=1S/C18H28N6O2/c25-17(23-5-1-2-6-23)15-21-7-9-24(10-8-21)18-19-4-3-16(20-18)22-11-13-26-14-12-22/h3-4H,1-2,5-15H2. The third-order valence-electron chi connectivity index (χ3n) is 5.44. The van der Waals surface area contributed by atoms with Crippen molar-refractivity contribution < 1.29 is 9.53 Å². The van der Waals surface area contributed by atoms with Crippen LogP contribution in [0.1, 0.15) is 12.8 Å². The van der Waals surface area contributed by atoms with E-state index in [1.54, 1.807) is 0 Å². The van der Waals surface area contributed by atoms with Crippen molar-refractivity contribution in [3.63, 3.8) is 0 Å². The highest BCUT2D eigenvalue weighted by Crippen LogP contribution is 2.18. The van der Waals surface area contributed by atoms with Crippen LogP contribution < -0.4 is 9.80 Å². The van der Waals surface area contributed by atoms with Crippen LogP contribution in [0, 0.1) is 0 Å². The average molecular weight is 360 g/mol. The Labute approximate surface area is 154 Å². The molecule has 0 bridgehead atoms. The van der Waals surface area contributed by atoms with Gasteiger partial charge in [-0.2, -0.15) is 4.98 Å². The Morgan fingerprint density at radius 3 is 2.42 bits per heavy atom. The van der Waals surface area contributed by atoms with E-state index in [2.05, 4.69) is 19.7 Å². The smallest absolute Gasteiger partial charge is 0.236 e. The third kappa shape index (κ3) is 4.07. The summed E-state index contributed by atoms with van der Waals surface area (Å²) in [5, 5.41) is 0. The molecule has 0 saturated carbocycles. The van der Waals surface area contributed by atoms with Crippen molar-refractivity contribution in [1.29, 1.82) is 0 Å². The monoisotopic (exact) mass is 360 g/mol. The molecule has 1 amide bonds. The van der Waals surface area contributed by atoms with E-state index in [-0.39, 0.29) is 5.91 Å². The van der Waals surface area contributed by atoms with Crippen LogP contribution in [-0.2, 0) is 9.53 Å². The Balaban J connectivity index is 1.30. The van der Waals surface area contributed by atoms with Gasteiger partial charge in [-0.1, -0.05) is 0 Å². The molecule has 0 spiro atoms. The number of anilines is 2. The number of rotatable bonds is 4. The fourth-order valence-corrected chi connectivity index (χ4v) is 3.82. The highest BCUT2D eigenvalue weighted by Gasteiger charge is 2.24. The minimum Gasteiger partial charge on any atom is -0.378 e. The minimum atomic E-state index is 0.279. The van der Waals surface area contributed by atoms with Gasteiger partial charge >= 0.3 is 0 Å². The molecule has 3 fully saturated rings. The number of carbonyl (C=O) groups is 1. The van der Waals surface area contributed by atoms with Crippen molar-refractivity contribution >= 4 is 17.7 Å². The highest BCUT2D eigenvalue weighted by molar-refractivity contribution is 5.78. The maximum absolute atomic E-state index is 12.3. The number of nitrogens with zero attached hydrogens (tertiary/aromatic N) is 6. The van der Waals surface area contributed by atoms with Gasteiger partial charge in [0.2, 0.25) is 11.9 Å². The molecule has 0 radical (unpaired) electrons. The van der Waals surface area contributed by atoms with E-state index in [9.17, 15) is 4.79 Å². The molecular weight excluding hydrogens is 332 g/mol. The highest BCUT2D eigenvalue weighted by atomic mass is 16.5. The second-order valence-electron chi connectivity index (χ2n) is 7.17. The number of hydrogen-bond acceptors (Lipinski definition) is 7. The number of carbonyl (C=O) groups excluding carboxylic acids is 1. The predicted molar refractivity (Wildman–Crippen MR) is 99.5 cm³/mol. The van der Waals surface area contributed by atoms with Crippen molar-refractivity contribution in [2.45, 2.75) is 12.8 Å². The van der Waals surface area contributed by atoms with Gasteiger partial charge in [-0.25, -0.2) is 4.98 Å². The Kier molecular flexibility index (Phi) is 5.50. The summed E-state index contributed by atoms with van der Waals surface area (Å²) in [5.41, 5.74) is 0.